The molecule has 0 aliphatic rings. The van der Waals surface area contributed by atoms with Gasteiger partial charge in [-0.3, -0.25) is 0 Å². The normalized spacial score (nSPS) is 13.2. The predicted octanol–water partition coefficient (Wildman–Crippen LogP) is 2.76. The van der Waals surface area contributed by atoms with E-state index in [1.807, 2.05) is 24.4 Å². The molecule has 0 aliphatic carbocycles. The van der Waals surface area contributed by atoms with Crippen molar-refractivity contribution in [2.45, 2.75) is 17.9 Å². The molecule has 0 amide bonds. The summed E-state index contributed by atoms with van der Waals surface area (Å²) < 4.78 is 15.9. The van der Waals surface area contributed by atoms with Gasteiger partial charge in [-0.15, -0.1) is 11.3 Å². The molecule has 1 aromatic carbocycles. The first-order valence-electron chi connectivity index (χ1n) is 9.01. The molecule has 0 saturated carbocycles. The van der Waals surface area contributed by atoms with Gasteiger partial charge in [-0.2, -0.15) is 4.98 Å². The summed E-state index contributed by atoms with van der Waals surface area (Å²) in [5.41, 5.74) is 1.60. The average molecular weight is 434 g/mol. The van der Waals surface area contributed by atoms with Crippen LogP contribution in [0.5, 0.6) is 0 Å². The Labute approximate surface area is 174 Å². The highest BCUT2D eigenvalue weighted by atomic mass is 32.2. The topological polar surface area (TPSA) is 120 Å². The van der Waals surface area contributed by atoms with Crippen LogP contribution < -0.4 is 10.6 Å². The van der Waals surface area contributed by atoms with Crippen LogP contribution in [0.4, 0.5) is 17.5 Å². The Hall–Kier alpha value is -2.53. The second kappa shape index (κ2) is 10.3. The highest BCUT2D eigenvalue weighted by Crippen LogP contribution is 2.31. The number of aliphatic hydroxyl groups is 2. The second-order valence-corrected chi connectivity index (χ2v) is 8.49. The third kappa shape index (κ3) is 5.73. The number of aromatic nitrogens is 2. The van der Waals surface area contributed by atoms with E-state index in [1.54, 1.807) is 41.8 Å². The van der Waals surface area contributed by atoms with Crippen LogP contribution >= 0.6 is 11.3 Å². The maximum atomic E-state index is 12.0. The summed E-state index contributed by atoms with van der Waals surface area (Å²) in [6, 6.07) is 10.8. The maximum absolute atomic E-state index is 12.0. The highest BCUT2D eigenvalue weighted by molar-refractivity contribution is 7.75. The number of benzene rings is 1. The molecule has 1 unspecified atom stereocenters. The van der Waals surface area contributed by atoms with E-state index in [-0.39, 0.29) is 25.8 Å². The Balaban J connectivity index is 1.82. The number of anilines is 3. The van der Waals surface area contributed by atoms with E-state index in [0.29, 0.717) is 16.7 Å². The van der Waals surface area contributed by atoms with Crippen molar-refractivity contribution in [3.8, 4) is 10.4 Å². The van der Waals surface area contributed by atoms with Gasteiger partial charge in [0.15, 0.2) is 0 Å². The second-order valence-electron chi connectivity index (χ2n) is 6.19. The summed E-state index contributed by atoms with van der Waals surface area (Å²) in [6.45, 7) is 1.89. The van der Waals surface area contributed by atoms with E-state index in [0.717, 1.165) is 16.1 Å². The molecule has 3 rings (SSSR count). The quantitative estimate of drug-likeness (QED) is 0.329. The van der Waals surface area contributed by atoms with Crippen LogP contribution in [0.15, 0.2) is 57.2 Å². The molecular formula is C19H23N5O3S2. The minimum absolute atomic E-state index is 0.0163. The Morgan fingerprint density at radius 2 is 2.03 bits per heavy atom. The van der Waals surface area contributed by atoms with Crippen molar-refractivity contribution < 1.29 is 14.4 Å². The molecule has 8 nitrogen and oxygen atoms in total. The number of hydrogen-bond donors (Lipinski definition) is 5. The smallest absolute Gasteiger partial charge is 0.229 e. The van der Waals surface area contributed by atoms with Crippen LogP contribution in [-0.2, 0) is 10.6 Å². The molecule has 154 valence electrons. The van der Waals surface area contributed by atoms with Crippen LogP contribution in [0.3, 0.4) is 0 Å². The summed E-state index contributed by atoms with van der Waals surface area (Å²) in [5, 5.41) is 26.5. The molecule has 0 bridgehead atoms. The largest absolute Gasteiger partial charge is 0.394 e. The van der Waals surface area contributed by atoms with Crippen molar-refractivity contribution >= 4 is 39.4 Å². The van der Waals surface area contributed by atoms with E-state index < -0.39 is 10.6 Å². The van der Waals surface area contributed by atoms with Gasteiger partial charge in [0.05, 0.1) is 35.9 Å². The first-order valence-corrected chi connectivity index (χ1v) is 11.1. The molecule has 4 N–H and O–H groups in total. The average Bonchev–Trinajstić information content (AvgIpc) is 3.27. The maximum Gasteiger partial charge on any atom is 0.229 e. The number of thiol groups is 1. The molecule has 0 aliphatic heterocycles. The zero-order valence-corrected chi connectivity index (χ0v) is 17.5. The Morgan fingerprint density at radius 3 is 2.69 bits per heavy atom. The van der Waals surface area contributed by atoms with Crippen molar-refractivity contribution in [2.24, 2.45) is 4.36 Å². The number of nitrogens with zero attached hydrogens (tertiary/aromatic N) is 3. The first kappa shape index (κ1) is 21.2. The van der Waals surface area contributed by atoms with Gasteiger partial charge in [-0.1, -0.05) is 6.07 Å². The fourth-order valence-electron chi connectivity index (χ4n) is 2.46. The van der Waals surface area contributed by atoms with Crippen LogP contribution in [0.25, 0.3) is 10.4 Å². The first-order chi connectivity index (χ1) is 14.1. The van der Waals surface area contributed by atoms with Crippen molar-refractivity contribution in [1.82, 2.24) is 9.97 Å². The van der Waals surface area contributed by atoms with Crippen molar-refractivity contribution in [1.29, 1.82) is 0 Å². The van der Waals surface area contributed by atoms with E-state index in [1.165, 1.54) is 0 Å². The highest BCUT2D eigenvalue weighted by Gasteiger charge is 2.13. The van der Waals surface area contributed by atoms with Crippen LogP contribution in [-0.4, -0.2) is 50.2 Å². The molecule has 10 heteroatoms. The molecule has 2 heterocycles. The molecule has 2 atom stereocenters. The lowest BCUT2D eigenvalue weighted by Crippen LogP contribution is -2.21. The van der Waals surface area contributed by atoms with Crippen molar-refractivity contribution in [3.63, 3.8) is 0 Å². The van der Waals surface area contributed by atoms with Gasteiger partial charge < -0.3 is 20.8 Å². The van der Waals surface area contributed by atoms with Gasteiger partial charge in [0.25, 0.3) is 0 Å². The Morgan fingerprint density at radius 1 is 1.24 bits per heavy atom. The van der Waals surface area contributed by atoms with Gasteiger partial charge in [-0.05, 0) is 42.6 Å². The summed E-state index contributed by atoms with van der Waals surface area (Å²) in [6.07, 6.45) is 1.74. The molecule has 0 spiro atoms. The number of nitrogens with one attached hydrogen (secondary N) is 2. The molecule has 2 aromatic heterocycles. The van der Waals surface area contributed by atoms with Crippen molar-refractivity contribution in [3.05, 3.63) is 48.0 Å². The minimum Gasteiger partial charge on any atom is -0.394 e. The summed E-state index contributed by atoms with van der Waals surface area (Å²) in [4.78, 5) is 10.6. The fraction of sp³-hybridized carbons (Fsp3) is 0.263. The lowest BCUT2D eigenvalue weighted by molar-refractivity contribution is 0.281. The Bertz CT molecular complexity index is 1000. The van der Waals surface area contributed by atoms with Crippen LogP contribution in [0.1, 0.15) is 6.92 Å². The number of thiophene rings is 1. The fourth-order valence-corrected chi connectivity index (χ4v) is 4.04. The third-order valence-corrected chi connectivity index (χ3v) is 6.01. The van der Waals surface area contributed by atoms with Crippen LogP contribution in [0, 0.1) is 0 Å². The standard InChI is InChI=1S/C19H23N5O3S2/c1-13(12-26)22-18-16(17-3-2-10-28-17)11-20-19(24-18)23-14-4-6-15(7-5-14)29(27)21-8-9-25/h2-7,10-11,13,25-26,29H,8-9,12H2,1H3,(H2,20,22,23,24)/t13-/m1/s1. The van der Waals surface area contributed by atoms with Gasteiger partial charge in [-0.25, -0.2) is 13.6 Å². The number of hydrogen-bond acceptors (Lipinski definition) is 9. The van der Waals surface area contributed by atoms with Crippen LogP contribution in [0.2, 0.25) is 0 Å². The Kier molecular flexibility index (Phi) is 7.53. The SMILES string of the molecule is C[C@H](CO)Nc1nc(Nc2ccc(/[SH](=O)=N/CCO)cc2)ncc1-c1cccs1. The summed E-state index contributed by atoms with van der Waals surface area (Å²) >= 11 is 1.59. The van der Waals surface area contributed by atoms with Crippen molar-refractivity contribution in [2.75, 3.05) is 30.4 Å². The van der Waals surface area contributed by atoms with E-state index in [4.69, 9.17) is 5.11 Å². The minimum atomic E-state index is -1.87. The van der Waals surface area contributed by atoms with Gasteiger partial charge in [0.2, 0.25) is 5.95 Å². The van der Waals surface area contributed by atoms with E-state index >= 15 is 0 Å². The molecule has 0 saturated heterocycles. The molecule has 29 heavy (non-hydrogen) atoms. The van der Waals surface area contributed by atoms with E-state index in [2.05, 4.69) is 25.0 Å². The molecule has 3 aromatic rings. The lowest BCUT2D eigenvalue weighted by atomic mass is 10.2. The van der Waals surface area contributed by atoms with E-state index in [9.17, 15) is 9.32 Å². The molecule has 0 radical (unpaired) electrons. The van der Waals surface area contributed by atoms with Gasteiger partial charge in [0.1, 0.15) is 5.82 Å². The predicted molar refractivity (Wildman–Crippen MR) is 117 cm³/mol. The van der Waals surface area contributed by atoms with Gasteiger partial charge in [0, 0.05) is 27.7 Å². The zero-order valence-electron chi connectivity index (χ0n) is 15.8. The lowest BCUT2D eigenvalue weighted by Gasteiger charge is -2.16. The monoisotopic (exact) mass is 433 g/mol. The molecular weight excluding hydrogens is 410 g/mol. The van der Waals surface area contributed by atoms with Gasteiger partial charge >= 0.3 is 0 Å². The third-order valence-electron chi connectivity index (χ3n) is 3.91. The summed E-state index contributed by atoms with van der Waals surface area (Å²) in [5.74, 6) is 1.04. The number of aliphatic hydroxyl groups excluding tert-OH is 2. The number of rotatable bonds is 9. The molecule has 0 fully saturated rings. The summed E-state index contributed by atoms with van der Waals surface area (Å²) in [7, 11) is -1.87. The zero-order chi connectivity index (χ0) is 20.6.